The fraction of sp³-hybridized carbons (Fsp3) is 0.462. The number of nitrogens with one attached hydrogen (secondary N) is 3. The molecule has 0 bridgehead atoms. The molecule has 0 atom stereocenters. The second-order valence-electron chi connectivity index (χ2n) is 10.2. The summed E-state index contributed by atoms with van der Waals surface area (Å²) in [5.41, 5.74) is 2.87. The van der Waals surface area contributed by atoms with Crippen LogP contribution >= 0.6 is 0 Å². The molecule has 2 aliphatic rings. The molecule has 1 saturated carbocycles. The standard InChI is InChI=1S/C26H34N6O3S/c1-17(2)29-24-5-4-12-27-25(24)32(19-7-8-19)20-10-13-31(14-11-20)26(33)22-16-28-23-9-6-18(15-21(22)23)30-36(3,34)35/h4-6,9,12,15-17,19-20,28-30H,7-8,10-11,13-14H2,1-3H3. The maximum Gasteiger partial charge on any atom is 0.256 e. The van der Waals surface area contributed by atoms with Crippen LogP contribution in [0.2, 0.25) is 0 Å². The van der Waals surface area contributed by atoms with Gasteiger partial charge in [0.05, 0.1) is 17.5 Å². The number of likely N-dealkylation sites (tertiary alicyclic amines) is 1. The molecule has 5 rings (SSSR count). The molecule has 1 aromatic carbocycles. The lowest BCUT2D eigenvalue weighted by atomic mass is 10.0. The van der Waals surface area contributed by atoms with Crippen LogP contribution in [0.5, 0.6) is 0 Å². The second kappa shape index (κ2) is 9.65. The highest BCUT2D eigenvalue weighted by Gasteiger charge is 2.38. The molecule has 1 saturated heterocycles. The van der Waals surface area contributed by atoms with Crippen LogP contribution in [-0.4, -0.2) is 66.7 Å². The second-order valence-corrected chi connectivity index (χ2v) is 11.9. The van der Waals surface area contributed by atoms with E-state index in [1.807, 2.05) is 17.2 Å². The maximum absolute atomic E-state index is 13.5. The Bertz CT molecular complexity index is 1360. The molecular weight excluding hydrogens is 476 g/mol. The van der Waals surface area contributed by atoms with Crippen molar-refractivity contribution in [2.24, 2.45) is 0 Å². The van der Waals surface area contributed by atoms with Gasteiger partial charge >= 0.3 is 0 Å². The van der Waals surface area contributed by atoms with E-state index in [-0.39, 0.29) is 5.91 Å². The van der Waals surface area contributed by atoms with Gasteiger partial charge in [0.2, 0.25) is 10.0 Å². The number of aromatic amines is 1. The van der Waals surface area contributed by atoms with Crippen LogP contribution < -0.4 is 14.9 Å². The Morgan fingerprint density at radius 2 is 1.86 bits per heavy atom. The van der Waals surface area contributed by atoms with Gasteiger partial charge in [-0.3, -0.25) is 9.52 Å². The molecule has 3 aromatic rings. The van der Waals surface area contributed by atoms with Crippen molar-refractivity contribution in [3.05, 3.63) is 48.3 Å². The van der Waals surface area contributed by atoms with Crippen LogP contribution in [-0.2, 0) is 10.0 Å². The van der Waals surface area contributed by atoms with Gasteiger partial charge in [0.1, 0.15) is 0 Å². The number of carbonyl (C=O) groups excluding carboxylic acids is 1. The molecule has 192 valence electrons. The van der Waals surface area contributed by atoms with E-state index in [0.29, 0.717) is 47.9 Å². The molecule has 2 aromatic heterocycles. The van der Waals surface area contributed by atoms with Gasteiger partial charge in [-0.2, -0.15) is 0 Å². The zero-order valence-corrected chi connectivity index (χ0v) is 21.8. The molecule has 0 radical (unpaired) electrons. The van der Waals surface area contributed by atoms with Crippen molar-refractivity contribution in [1.82, 2.24) is 14.9 Å². The molecule has 2 fully saturated rings. The number of rotatable bonds is 8. The fourth-order valence-electron chi connectivity index (χ4n) is 5.12. The van der Waals surface area contributed by atoms with Crippen molar-refractivity contribution in [3.63, 3.8) is 0 Å². The van der Waals surface area contributed by atoms with Crippen LogP contribution in [0.1, 0.15) is 49.9 Å². The minimum atomic E-state index is -3.40. The Kier molecular flexibility index (Phi) is 6.55. The largest absolute Gasteiger partial charge is 0.380 e. The van der Waals surface area contributed by atoms with Crippen LogP contribution in [0.4, 0.5) is 17.2 Å². The Hall–Kier alpha value is -3.27. The number of aromatic nitrogens is 2. The minimum absolute atomic E-state index is 0.0332. The lowest BCUT2D eigenvalue weighted by Crippen LogP contribution is -2.48. The molecule has 10 heteroatoms. The van der Waals surface area contributed by atoms with E-state index in [2.05, 4.69) is 39.8 Å². The highest BCUT2D eigenvalue weighted by atomic mass is 32.2. The predicted molar refractivity (Wildman–Crippen MR) is 144 cm³/mol. The van der Waals surface area contributed by atoms with Gasteiger partial charge in [-0.15, -0.1) is 0 Å². The first-order valence-corrected chi connectivity index (χ1v) is 14.5. The number of piperidine rings is 1. The summed E-state index contributed by atoms with van der Waals surface area (Å²) >= 11 is 0. The number of amides is 1. The number of fused-ring (bicyclic) bond motifs is 1. The third-order valence-electron chi connectivity index (χ3n) is 6.78. The Morgan fingerprint density at radius 3 is 2.53 bits per heavy atom. The van der Waals surface area contributed by atoms with Crippen molar-refractivity contribution >= 4 is 44.0 Å². The summed E-state index contributed by atoms with van der Waals surface area (Å²) in [6.07, 6.45) is 8.80. The molecule has 0 unspecified atom stereocenters. The molecule has 1 aliphatic carbocycles. The quantitative estimate of drug-likeness (QED) is 0.422. The Labute approximate surface area is 212 Å². The first-order valence-electron chi connectivity index (χ1n) is 12.6. The number of hydrogen-bond donors (Lipinski definition) is 3. The normalized spacial score (nSPS) is 16.9. The highest BCUT2D eigenvalue weighted by molar-refractivity contribution is 7.92. The fourth-order valence-corrected chi connectivity index (χ4v) is 5.67. The number of sulfonamides is 1. The van der Waals surface area contributed by atoms with E-state index in [1.165, 1.54) is 12.8 Å². The van der Waals surface area contributed by atoms with Crippen LogP contribution in [0, 0.1) is 0 Å². The zero-order valence-electron chi connectivity index (χ0n) is 21.0. The molecule has 3 N–H and O–H groups in total. The summed E-state index contributed by atoms with van der Waals surface area (Å²) < 4.78 is 25.8. The minimum Gasteiger partial charge on any atom is -0.380 e. The van der Waals surface area contributed by atoms with Crippen molar-refractivity contribution in [3.8, 4) is 0 Å². The van der Waals surface area contributed by atoms with E-state index in [4.69, 9.17) is 4.98 Å². The Balaban J connectivity index is 1.32. The van der Waals surface area contributed by atoms with Gasteiger partial charge in [-0.05, 0) is 69.9 Å². The number of carbonyl (C=O) groups is 1. The third-order valence-corrected chi connectivity index (χ3v) is 7.38. The summed E-state index contributed by atoms with van der Waals surface area (Å²) in [6.45, 7) is 5.60. The van der Waals surface area contributed by atoms with Crippen molar-refractivity contribution in [2.75, 3.05) is 34.3 Å². The third kappa shape index (κ3) is 5.28. The van der Waals surface area contributed by atoms with Gasteiger partial charge < -0.3 is 20.1 Å². The summed E-state index contributed by atoms with van der Waals surface area (Å²) in [7, 11) is -3.40. The SMILES string of the molecule is CC(C)Nc1cccnc1N(C1CC1)C1CCN(C(=O)c2c[nH]c3ccc(NS(C)(=O)=O)cc23)CC1. The number of pyridine rings is 1. The summed E-state index contributed by atoms with van der Waals surface area (Å²) in [4.78, 5) is 25.8. The Morgan fingerprint density at radius 1 is 1.14 bits per heavy atom. The van der Waals surface area contributed by atoms with Crippen LogP contribution in [0.15, 0.2) is 42.7 Å². The summed E-state index contributed by atoms with van der Waals surface area (Å²) in [5, 5.41) is 4.26. The van der Waals surface area contributed by atoms with E-state index >= 15 is 0 Å². The number of H-pyrrole nitrogens is 1. The molecule has 1 aliphatic heterocycles. The van der Waals surface area contributed by atoms with Crippen LogP contribution in [0.25, 0.3) is 10.9 Å². The van der Waals surface area contributed by atoms with Crippen LogP contribution in [0.3, 0.4) is 0 Å². The number of anilines is 3. The zero-order chi connectivity index (χ0) is 25.4. The average Bonchev–Trinajstić information content (AvgIpc) is 3.57. The van der Waals surface area contributed by atoms with E-state index in [0.717, 1.165) is 36.1 Å². The van der Waals surface area contributed by atoms with Gasteiger partial charge in [0.25, 0.3) is 5.91 Å². The lowest BCUT2D eigenvalue weighted by Gasteiger charge is -2.40. The number of nitrogens with zero attached hydrogens (tertiary/aromatic N) is 3. The maximum atomic E-state index is 13.5. The number of benzene rings is 1. The topological polar surface area (TPSA) is 110 Å². The smallest absolute Gasteiger partial charge is 0.256 e. The van der Waals surface area contributed by atoms with Crippen molar-refractivity contribution < 1.29 is 13.2 Å². The highest BCUT2D eigenvalue weighted by Crippen LogP contribution is 2.39. The molecule has 9 nitrogen and oxygen atoms in total. The molecule has 0 spiro atoms. The van der Waals surface area contributed by atoms with Gasteiger partial charge in [0, 0.05) is 60.2 Å². The molecule has 3 heterocycles. The van der Waals surface area contributed by atoms with Gasteiger partial charge in [-0.1, -0.05) is 0 Å². The number of hydrogen-bond acceptors (Lipinski definition) is 6. The van der Waals surface area contributed by atoms with E-state index in [9.17, 15) is 13.2 Å². The molecule has 1 amide bonds. The first-order chi connectivity index (χ1) is 17.2. The lowest BCUT2D eigenvalue weighted by molar-refractivity contribution is 0.0714. The first kappa shape index (κ1) is 24.4. The molecular formula is C26H34N6O3S. The predicted octanol–water partition coefficient (Wildman–Crippen LogP) is 4.03. The molecule has 36 heavy (non-hydrogen) atoms. The van der Waals surface area contributed by atoms with E-state index in [1.54, 1.807) is 24.4 Å². The van der Waals surface area contributed by atoms with Crippen molar-refractivity contribution in [1.29, 1.82) is 0 Å². The summed E-state index contributed by atoms with van der Waals surface area (Å²) in [5.74, 6) is 0.982. The monoisotopic (exact) mass is 510 g/mol. The van der Waals surface area contributed by atoms with E-state index < -0.39 is 10.0 Å². The van der Waals surface area contributed by atoms with Gasteiger partial charge in [0.15, 0.2) is 5.82 Å². The van der Waals surface area contributed by atoms with Gasteiger partial charge in [-0.25, -0.2) is 13.4 Å². The average molecular weight is 511 g/mol. The summed E-state index contributed by atoms with van der Waals surface area (Å²) in [6, 6.07) is 10.4. The van der Waals surface area contributed by atoms with Crippen molar-refractivity contribution in [2.45, 2.75) is 57.7 Å².